The lowest BCUT2D eigenvalue weighted by Gasteiger charge is -2.02. The molecule has 3 rings (SSSR count). The van der Waals surface area contributed by atoms with E-state index in [0.717, 1.165) is 26.2 Å². The van der Waals surface area contributed by atoms with Gasteiger partial charge < -0.3 is 0 Å². The van der Waals surface area contributed by atoms with Crippen molar-refractivity contribution in [3.63, 3.8) is 0 Å². The molecule has 0 saturated carbocycles. The molecule has 3 aromatic rings. The van der Waals surface area contributed by atoms with Gasteiger partial charge in [0.05, 0.1) is 0 Å². The summed E-state index contributed by atoms with van der Waals surface area (Å²) in [6.07, 6.45) is 0. The van der Waals surface area contributed by atoms with Crippen LogP contribution in [0, 0.1) is 5.82 Å². The molecule has 0 saturated heterocycles. The maximum Gasteiger partial charge on any atom is 0.123 e. The van der Waals surface area contributed by atoms with E-state index in [1.54, 1.807) is 23.9 Å². The molecule has 0 aliphatic heterocycles. The Labute approximate surface area is 135 Å². The van der Waals surface area contributed by atoms with Gasteiger partial charge in [0.1, 0.15) is 15.7 Å². The number of rotatable bonds is 4. The molecule has 0 N–H and O–H groups in total. The number of nitrogens with zero attached hydrogens (tertiary/aromatic N) is 2. The van der Waals surface area contributed by atoms with Gasteiger partial charge in [-0.15, -0.1) is 16.9 Å². The Morgan fingerprint density at radius 2 is 1.76 bits per heavy atom. The maximum absolute atomic E-state index is 13.0. The van der Waals surface area contributed by atoms with Crippen molar-refractivity contribution in [1.82, 2.24) is 9.59 Å². The molecule has 0 unspecified atom stereocenters. The molecule has 0 spiro atoms. The van der Waals surface area contributed by atoms with Gasteiger partial charge in [0, 0.05) is 16.3 Å². The minimum atomic E-state index is -0.252. The van der Waals surface area contributed by atoms with E-state index in [4.69, 9.17) is 11.6 Å². The molecular formula is C15H10ClFN2S2. The number of hydrogen-bond acceptors (Lipinski definition) is 4. The van der Waals surface area contributed by atoms with E-state index >= 15 is 0 Å². The molecule has 0 amide bonds. The topological polar surface area (TPSA) is 25.8 Å². The molecule has 21 heavy (non-hydrogen) atoms. The molecule has 0 atom stereocenters. The summed E-state index contributed by atoms with van der Waals surface area (Å²) in [5, 5.41) is 4.88. The zero-order valence-electron chi connectivity index (χ0n) is 10.8. The predicted molar refractivity (Wildman–Crippen MR) is 86.3 cm³/mol. The smallest absolute Gasteiger partial charge is 0.123 e. The third-order valence-corrected chi connectivity index (χ3v) is 5.14. The third kappa shape index (κ3) is 3.61. The first-order valence-corrected chi connectivity index (χ1v) is 8.31. The highest BCUT2D eigenvalue weighted by atomic mass is 35.5. The Kier molecular flexibility index (Phi) is 4.53. The highest BCUT2D eigenvalue weighted by Gasteiger charge is 2.11. The fourth-order valence-electron chi connectivity index (χ4n) is 1.79. The molecule has 1 aromatic heterocycles. The predicted octanol–water partition coefficient (Wildman–Crippen LogP) is 5.29. The first-order chi connectivity index (χ1) is 10.2. The van der Waals surface area contributed by atoms with Crippen LogP contribution in [0.25, 0.3) is 11.3 Å². The summed E-state index contributed by atoms with van der Waals surface area (Å²) in [6.45, 7) is 0. The first kappa shape index (κ1) is 14.5. The van der Waals surface area contributed by atoms with Crippen molar-refractivity contribution in [3.05, 3.63) is 64.9 Å². The minimum absolute atomic E-state index is 0.252. The van der Waals surface area contributed by atoms with E-state index in [1.165, 1.54) is 29.2 Å². The minimum Gasteiger partial charge on any atom is -0.207 e. The van der Waals surface area contributed by atoms with Gasteiger partial charge in [0.15, 0.2) is 0 Å². The van der Waals surface area contributed by atoms with Gasteiger partial charge in [0.2, 0.25) is 0 Å². The molecule has 0 aliphatic rings. The third-order valence-electron chi connectivity index (χ3n) is 2.86. The zero-order valence-corrected chi connectivity index (χ0v) is 13.2. The van der Waals surface area contributed by atoms with Crippen LogP contribution in [0.5, 0.6) is 0 Å². The molecule has 0 radical (unpaired) electrons. The molecule has 0 aliphatic carbocycles. The lowest BCUT2D eigenvalue weighted by atomic mass is 10.2. The summed E-state index contributed by atoms with van der Waals surface area (Å²) >= 11 is 8.90. The standard InChI is InChI=1S/C15H10ClFN2S2/c16-12-5-1-10(2-6-12)9-20-15-14(18-19-21-15)11-3-7-13(17)8-4-11/h1-8H,9H2. The molecular weight excluding hydrogens is 327 g/mol. The van der Waals surface area contributed by atoms with Crippen LogP contribution in [-0.2, 0) is 5.75 Å². The molecule has 106 valence electrons. The van der Waals surface area contributed by atoms with E-state index in [1.807, 2.05) is 24.3 Å². The van der Waals surface area contributed by atoms with Crippen LogP contribution in [0.2, 0.25) is 5.02 Å². The normalized spacial score (nSPS) is 10.8. The summed E-state index contributed by atoms with van der Waals surface area (Å²) in [4.78, 5) is 0. The van der Waals surface area contributed by atoms with Crippen molar-refractivity contribution < 1.29 is 4.39 Å². The van der Waals surface area contributed by atoms with Gasteiger partial charge in [-0.3, -0.25) is 0 Å². The van der Waals surface area contributed by atoms with Crippen LogP contribution in [0.4, 0.5) is 4.39 Å². The number of benzene rings is 2. The van der Waals surface area contributed by atoms with E-state index in [9.17, 15) is 4.39 Å². The summed E-state index contributed by atoms with van der Waals surface area (Å²) in [5.74, 6) is 0.562. The van der Waals surface area contributed by atoms with Gasteiger partial charge >= 0.3 is 0 Å². The summed E-state index contributed by atoms with van der Waals surface area (Å²) in [6, 6.07) is 14.1. The number of hydrogen-bond donors (Lipinski definition) is 0. The summed E-state index contributed by atoms with van der Waals surface area (Å²) < 4.78 is 18.0. The van der Waals surface area contributed by atoms with Crippen molar-refractivity contribution in [2.24, 2.45) is 0 Å². The van der Waals surface area contributed by atoms with Crippen molar-refractivity contribution in [1.29, 1.82) is 0 Å². The van der Waals surface area contributed by atoms with Crippen LogP contribution in [0.3, 0.4) is 0 Å². The molecule has 2 nitrogen and oxygen atoms in total. The van der Waals surface area contributed by atoms with Crippen molar-refractivity contribution in [3.8, 4) is 11.3 Å². The first-order valence-electron chi connectivity index (χ1n) is 6.18. The number of halogens is 2. The second-order valence-electron chi connectivity index (χ2n) is 4.33. The number of thioether (sulfide) groups is 1. The lowest BCUT2D eigenvalue weighted by Crippen LogP contribution is -1.83. The summed E-state index contributed by atoms with van der Waals surface area (Å²) in [7, 11) is 0. The quantitative estimate of drug-likeness (QED) is 0.605. The molecule has 0 bridgehead atoms. The molecule has 1 heterocycles. The highest BCUT2D eigenvalue weighted by Crippen LogP contribution is 2.34. The number of aromatic nitrogens is 2. The second kappa shape index (κ2) is 6.56. The monoisotopic (exact) mass is 336 g/mol. The Balaban J connectivity index is 1.76. The van der Waals surface area contributed by atoms with Crippen LogP contribution in [-0.4, -0.2) is 9.59 Å². The van der Waals surface area contributed by atoms with Crippen molar-refractivity contribution in [2.75, 3.05) is 0 Å². The van der Waals surface area contributed by atoms with Gasteiger partial charge in [-0.2, -0.15) is 0 Å². The van der Waals surface area contributed by atoms with Crippen LogP contribution in [0.15, 0.2) is 52.7 Å². The maximum atomic E-state index is 13.0. The Morgan fingerprint density at radius 1 is 1.05 bits per heavy atom. The largest absolute Gasteiger partial charge is 0.207 e. The average molecular weight is 337 g/mol. The van der Waals surface area contributed by atoms with Gasteiger partial charge in [-0.25, -0.2) is 4.39 Å². The van der Waals surface area contributed by atoms with Crippen LogP contribution < -0.4 is 0 Å². The van der Waals surface area contributed by atoms with Crippen LogP contribution in [0.1, 0.15) is 5.56 Å². The average Bonchev–Trinajstić information content (AvgIpc) is 2.96. The molecule has 2 aromatic carbocycles. The SMILES string of the molecule is Fc1ccc(-c2nnsc2SCc2ccc(Cl)cc2)cc1. The second-order valence-corrected chi connectivity index (χ2v) is 6.77. The Morgan fingerprint density at radius 3 is 2.48 bits per heavy atom. The van der Waals surface area contributed by atoms with E-state index in [0.29, 0.717) is 0 Å². The molecule has 0 fully saturated rings. The van der Waals surface area contributed by atoms with Crippen molar-refractivity contribution >= 4 is 34.9 Å². The van der Waals surface area contributed by atoms with Crippen molar-refractivity contribution in [2.45, 2.75) is 9.96 Å². The Hall–Kier alpha value is -1.43. The van der Waals surface area contributed by atoms with Gasteiger partial charge in [-0.05, 0) is 53.5 Å². The summed E-state index contributed by atoms with van der Waals surface area (Å²) in [5.41, 5.74) is 2.87. The fraction of sp³-hybridized carbons (Fsp3) is 0.0667. The van der Waals surface area contributed by atoms with Crippen LogP contribution >= 0.6 is 34.9 Å². The lowest BCUT2D eigenvalue weighted by molar-refractivity contribution is 0.628. The zero-order chi connectivity index (χ0) is 14.7. The highest BCUT2D eigenvalue weighted by molar-refractivity contribution is 8.00. The van der Waals surface area contributed by atoms with Gasteiger partial charge in [-0.1, -0.05) is 28.2 Å². The van der Waals surface area contributed by atoms with E-state index in [-0.39, 0.29) is 5.82 Å². The molecule has 6 heteroatoms. The Bertz CT molecular complexity index is 726. The fourth-order valence-corrected chi connectivity index (χ4v) is 3.63. The van der Waals surface area contributed by atoms with E-state index in [2.05, 4.69) is 9.59 Å². The van der Waals surface area contributed by atoms with Gasteiger partial charge in [0.25, 0.3) is 0 Å². The van der Waals surface area contributed by atoms with E-state index < -0.39 is 0 Å².